The molecule has 6 heteroatoms. The van der Waals surface area contributed by atoms with Crippen LogP contribution in [0, 0.1) is 0 Å². The number of aryl methyl sites for hydroxylation is 1. The van der Waals surface area contributed by atoms with Crippen molar-refractivity contribution in [1.82, 2.24) is 0 Å². The molecular formula is C16H18Cl3N3. The van der Waals surface area contributed by atoms with E-state index in [9.17, 15) is 0 Å². The van der Waals surface area contributed by atoms with Gasteiger partial charge in [-0.05, 0) is 42.3 Å². The molecular weight excluding hydrogens is 341 g/mol. The van der Waals surface area contributed by atoms with Gasteiger partial charge in [0.25, 0.3) is 0 Å². The molecule has 2 aromatic rings. The Morgan fingerprint density at radius 2 is 1.91 bits per heavy atom. The number of halogens is 3. The summed E-state index contributed by atoms with van der Waals surface area (Å²) < 4.78 is 0. The fraction of sp³-hybridized carbons (Fsp3) is 0.188. The summed E-state index contributed by atoms with van der Waals surface area (Å²) in [5, 5.41) is 1.17. The maximum atomic E-state index is 6.17. The Morgan fingerprint density at radius 3 is 2.59 bits per heavy atom. The number of hydrogen-bond acceptors (Lipinski definition) is 1. The van der Waals surface area contributed by atoms with Crippen LogP contribution in [0.1, 0.15) is 12.5 Å². The van der Waals surface area contributed by atoms with Crippen LogP contribution in [0.2, 0.25) is 10.0 Å². The smallest absolute Gasteiger partial charge is 0.200 e. The minimum absolute atomic E-state index is 0. The fourth-order valence-electron chi connectivity index (χ4n) is 1.92. The normalized spacial score (nSPS) is 11.0. The Kier molecular flexibility index (Phi) is 7.01. The van der Waals surface area contributed by atoms with E-state index in [-0.39, 0.29) is 12.4 Å². The van der Waals surface area contributed by atoms with Crippen molar-refractivity contribution in [2.24, 2.45) is 10.7 Å². The molecule has 0 aliphatic carbocycles. The number of benzene rings is 2. The molecule has 0 radical (unpaired) electrons. The lowest BCUT2D eigenvalue weighted by Crippen LogP contribution is -2.33. The van der Waals surface area contributed by atoms with Crippen molar-refractivity contribution in [3.63, 3.8) is 0 Å². The van der Waals surface area contributed by atoms with Crippen LogP contribution >= 0.6 is 35.6 Å². The van der Waals surface area contributed by atoms with E-state index in [4.69, 9.17) is 28.9 Å². The summed E-state index contributed by atoms with van der Waals surface area (Å²) in [5.74, 6) is 0.354. The Labute approximate surface area is 147 Å². The topological polar surface area (TPSA) is 41.6 Å². The van der Waals surface area contributed by atoms with Crippen molar-refractivity contribution in [2.45, 2.75) is 13.3 Å². The average molecular weight is 359 g/mol. The van der Waals surface area contributed by atoms with Crippen LogP contribution in [0.15, 0.2) is 47.5 Å². The zero-order valence-corrected chi connectivity index (χ0v) is 14.7. The predicted molar refractivity (Wildman–Crippen MR) is 99.2 cm³/mol. The quantitative estimate of drug-likeness (QED) is 0.615. The molecule has 0 saturated carbocycles. The van der Waals surface area contributed by atoms with Gasteiger partial charge in [0.05, 0.1) is 16.4 Å². The van der Waals surface area contributed by atoms with E-state index in [0.29, 0.717) is 16.0 Å². The van der Waals surface area contributed by atoms with Crippen LogP contribution in [-0.4, -0.2) is 13.0 Å². The molecule has 0 amide bonds. The summed E-state index contributed by atoms with van der Waals surface area (Å²) in [6, 6.07) is 13.2. The van der Waals surface area contributed by atoms with Crippen molar-refractivity contribution in [3.05, 3.63) is 58.1 Å². The van der Waals surface area contributed by atoms with Gasteiger partial charge in [0, 0.05) is 12.1 Å². The van der Waals surface area contributed by atoms with Gasteiger partial charge in [-0.2, -0.15) is 0 Å². The van der Waals surface area contributed by atoms with E-state index < -0.39 is 0 Å². The summed E-state index contributed by atoms with van der Waals surface area (Å²) in [6.07, 6.45) is 0.958. The molecule has 2 N–H and O–H groups in total. The lowest BCUT2D eigenvalue weighted by atomic mass is 10.1. The molecule has 0 aromatic heterocycles. The van der Waals surface area contributed by atoms with Crippen molar-refractivity contribution >= 4 is 52.9 Å². The van der Waals surface area contributed by atoms with Crippen molar-refractivity contribution < 1.29 is 0 Å². The molecule has 0 atom stereocenters. The van der Waals surface area contributed by atoms with Gasteiger partial charge in [0.1, 0.15) is 0 Å². The highest BCUT2D eigenvalue weighted by Gasteiger charge is 2.10. The zero-order valence-electron chi connectivity index (χ0n) is 12.4. The molecule has 3 nitrogen and oxygen atoms in total. The highest BCUT2D eigenvalue weighted by Crippen LogP contribution is 2.28. The summed E-state index contributed by atoms with van der Waals surface area (Å²) in [4.78, 5) is 6.15. The second-order valence-electron chi connectivity index (χ2n) is 4.65. The highest BCUT2D eigenvalue weighted by molar-refractivity contribution is 6.35. The number of anilines is 1. The van der Waals surface area contributed by atoms with Crippen LogP contribution in [0.5, 0.6) is 0 Å². The predicted octanol–water partition coefficient (Wildman–Crippen LogP) is 5.06. The maximum absolute atomic E-state index is 6.17. The minimum Gasteiger partial charge on any atom is -0.369 e. The van der Waals surface area contributed by atoms with Gasteiger partial charge in [0.15, 0.2) is 0 Å². The monoisotopic (exact) mass is 357 g/mol. The van der Waals surface area contributed by atoms with E-state index >= 15 is 0 Å². The standard InChI is InChI=1S/C16H17Cl2N3.ClH/c1-3-11-5-4-6-13(9-11)20-16(19)21(2)15-10-12(17)7-8-14(15)18;/h4-10H,3H2,1-2H3,(H2,19,20);1H. The van der Waals surface area contributed by atoms with Crippen LogP contribution in [0.3, 0.4) is 0 Å². The Hall–Kier alpha value is -1.42. The second-order valence-corrected chi connectivity index (χ2v) is 5.49. The second kappa shape index (κ2) is 8.28. The third-order valence-corrected chi connectivity index (χ3v) is 3.73. The van der Waals surface area contributed by atoms with Gasteiger partial charge in [0.2, 0.25) is 5.96 Å². The number of hydrogen-bond donors (Lipinski definition) is 1. The number of nitrogens with two attached hydrogens (primary N) is 1. The molecule has 2 aromatic carbocycles. The van der Waals surface area contributed by atoms with Gasteiger partial charge in [-0.25, -0.2) is 4.99 Å². The van der Waals surface area contributed by atoms with E-state index in [1.165, 1.54) is 5.56 Å². The van der Waals surface area contributed by atoms with E-state index in [1.807, 2.05) is 18.2 Å². The average Bonchev–Trinajstić information content (AvgIpc) is 2.49. The van der Waals surface area contributed by atoms with Gasteiger partial charge >= 0.3 is 0 Å². The third kappa shape index (κ3) is 4.54. The summed E-state index contributed by atoms with van der Waals surface area (Å²) in [5.41, 5.74) is 8.82. The first kappa shape index (κ1) is 18.6. The number of rotatable bonds is 3. The first-order valence-corrected chi connectivity index (χ1v) is 7.38. The molecule has 0 unspecified atom stereocenters. The number of guanidine groups is 1. The van der Waals surface area contributed by atoms with Gasteiger partial charge < -0.3 is 10.6 Å². The highest BCUT2D eigenvalue weighted by atomic mass is 35.5. The molecule has 0 aliphatic rings. The molecule has 22 heavy (non-hydrogen) atoms. The number of aliphatic imine (C=N–C) groups is 1. The minimum atomic E-state index is 0. The molecule has 0 aliphatic heterocycles. The summed E-state index contributed by atoms with van der Waals surface area (Å²) in [7, 11) is 1.81. The molecule has 0 saturated heterocycles. The molecule has 0 spiro atoms. The first-order chi connectivity index (χ1) is 10.0. The van der Waals surface area contributed by atoms with Gasteiger partial charge in [-0.15, -0.1) is 12.4 Å². The van der Waals surface area contributed by atoms with Crippen LogP contribution in [0.25, 0.3) is 0 Å². The fourth-order valence-corrected chi connectivity index (χ4v) is 2.33. The Bertz CT molecular complexity index is 671. The first-order valence-electron chi connectivity index (χ1n) is 6.63. The van der Waals surface area contributed by atoms with Gasteiger partial charge in [-0.1, -0.05) is 42.3 Å². The van der Waals surface area contributed by atoms with E-state index in [2.05, 4.69) is 18.0 Å². The largest absolute Gasteiger partial charge is 0.369 e. The molecule has 0 bridgehead atoms. The Morgan fingerprint density at radius 1 is 1.18 bits per heavy atom. The third-order valence-electron chi connectivity index (χ3n) is 3.18. The zero-order chi connectivity index (χ0) is 15.4. The van der Waals surface area contributed by atoms with Crippen molar-refractivity contribution in [2.75, 3.05) is 11.9 Å². The maximum Gasteiger partial charge on any atom is 0.200 e. The van der Waals surface area contributed by atoms with Crippen LogP contribution in [0.4, 0.5) is 11.4 Å². The van der Waals surface area contributed by atoms with E-state index in [0.717, 1.165) is 17.8 Å². The number of nitrogens with zero attached hydrogens (tertiary/aromatic N) is 2. The lowest BCUT2D eigenvalue weighted by Gasteiger charge is -2.19. The van der Waals surface area contributed by atoms with Crippen LogP contribution in [-0.2, 0) is 6.42 Å². The van der Waals surface area contributed by atoms with E-state index in [1.54, 1.807) is 30.1 Å². The van der Waals surface area contributed by atoms with Gasteiger partial charge in [-0.3, -0.25) is 0 Å². The van der Waals surface area contributed by atoms with Crippen LogP contribution < -0.4 is 10.6 Å². The molecule has 0 fully saturated rings. The molecule has 0 heterocycles. The van der Waals surface area contributed by atoms with Crippen molar-refractivity contribution in [1.29, 1.82) is 0 Å². The molecule has 2 rings (SSSR count). The SMILES string of the molecule is CCc1cccc(N=C(N)N(C)c2cc(Cl)ccc2Cl)c1.Cl. The molecule has 118 valence electrons. The Balaban J connectivity index is 0.00000242. The lowest BCUT2D eigenvalue weighted by molar-refractivity contribution is 1.14. The summed E-state index contributed by atoms with van der Waals surface area (Å²) >= 11 is 12.2. The van der Waals surface area contributed by atoms with Crippen molar-refractivity contribution in [3.8, 4) is 0 Å². The summed E-state index contributed by atoms with van der Waals surface area (Å²) in [6.45, 7) is 2.10.